The predicted octanol–water partition coefficient (Wildman–Crippen LogP) is 2.03. The van der Waals surface area contributed by atoms with Crippen LogP contribution in [0.5, 0.6) is 0 Å². The minimum absolute atomic E-state index is 0.446. The molecular weight excluding hydrogens is 262 g/mol. The third-order valence-corrected chi connectivity index (χ3v) is 3.72. The first-order valence-corrected chi connectivity index (χ1v) is 7.14. The molecule has 2 rings (SSSR count). The fourth-order valence-corrected chi connectivity index (χ4v) is 2.72. The number of thioether (sulfide) groups is 1. The Hall–Kier alpha value is -1.53. The second-order valence-corrected chi connectivity index (χ2v) is 5.33. The molecule has 2 aromatic rings. The molecular formula is C13H17N3O2S. The van der Waals surface area contributed by atoms with Crippen molar-refractivity contribution in [2.45, 2.75) is 25.0 Å². The molecule has 1 heterocycles. The van der Waals surface area contributed by atoms with Crippen LogP contribution in [0.15, 0.2) is 23.4 Å². The number of fused-ring (bicyclic) bond motifs is 1. The number of aryl methyl sites for hydroxylation is 1. The second kappa shape index (κ2) is 6.08. The summed E-state index contributed by atoms with van der Waals surface area (Å²) in [4.78, 5) is 18.7. The molecule has 102 valence electrons. The van der Waals surface area contributed by atoms with Gasteiger partial charge in [-0.05, 0) is 31.2 Å². The molecule has 0 spiro atoms. The van der Waals surface area contributed by atoms with Gasteiger partial charge in [0.15, 0.2) is 5.16 Å². The van der Waals surface area contributed by atoms with Crippen molar-refractivity contribution >= 4 is 28.8 Å². The van der Waals surface area contributed by atoms with E-state index in [0.717, 1.165) is 16.2 Å². The van der Waals surface area contributed by atoms with Gasteiger partial charge < -0.3 is 15.4 Å². The van der Waals surface area contributed by atoms with Gasteiger partial charge in [0.1, 0.15) is 6.04 Å². The number of hydrogen-bond donors (Lipinski definition) is 3. The van der Waals surface area contributed by atoms with E-state index in [9.17, 15) is 4.79 Å². The third-order valence-electron chi connectivity index (χ3n) is 2.75. The fraction of sp³-hybridized carbons (Fsp3) is 0.385. The molecule has 1 unspecified atom stereocenters. The number of hydrogen-bond acceptors (Lipinski definition) is 4. The highest BCUT2D eigenvalue weighted by Crippen LogP contribution is 2.20. The standard InChI is InChI=1S/C13H17N3O2S/c1-3-14-11(12(17)18)7-19-13-15-9-5-4-8(2)6-10(9)16-13/h4-6,11,14H,3,7H2,1-2H3,(H,15,16)(H,17,18). The van der Waals surface area contributed by atoms with Crippen LogP contribution in [-0.2, 0) is 4.79 Å². The summed E-state index contributed by atoms with van der Waals surface area (Å²) < 4.78 is 0. The van der Waals surface area contributed by atoms with Crippen LogP contribution in [0.1, 0.15) is 12.5 Å². The average Bonchev–Trinajstić information content (AvgIpc) is 2.75. The van der Waals surface area contributed by atoms with Crippen molar-refractivity contribution in [2.24, 2.45) is 0 Å². The SMILES string of the molecule is CCNC(CSc1nc2ccc(C)cc2[nH]1)C(=O)O. The highest BCUT2D eigenvalue weighted by atomic mass is 32.2. The van der Waals surface area contributed by atoms with Crippen molar-refractivity contribution in [1.82, 2.24) is 15.3 Å². The second-order valence-electron chi connectivity index (χ2n) is 4.32. The summed E-state index contributed by atoms with van der Waals surface area (Å²) in [6.07, 6.45) is 0. The Kier molecular flexibility index (Phi) is 4.44. The van der Waals surface area contributed by atoms with Gasteiger partial charge in [-0.25, -0.2) is 4.98 Å². The highest BCUT2D eigenvalue weighted by Gasteiger charge is 2.17. The van der Waals surface area contributed by atoms with E-state index in [2.05, 4.69) is 15.3 Å². The Bertz CT molecular complexity index is 582. The maximum Gasteiger partial charge on any atom is 0.321 e. The first kappa shape index (κ1) is 13.9. The molecule has 0 aliphatic carbocycles. The monoisotopic (exact) mass is 279 g/mol. The highest BCUT2D eigenvalue weighted by molar-refractivity contribution is 7.99. The quantitative estimate of drug-likeness (QED) is 0.705. The minimum Gasteiger partial charge on any atom is -0.480 e. The van der Waals surface area contributed by atoms with Crippen LogP contribution in [0.3, 0.4) is 0 Å². The van der Waals surface area contributed by atoms with Crippen molar-refractivity contribution < 1.29 is 9.90 Å². The molecule has 0 fully saturated rings. The summed E-state index contributed by atoms with van der Waals surface area (Å²) in [5, 5.41) is 12.7. The molecule has 1 aromatic heterocycles. The van der Waals surface area contributed by atoms with Crippen LogP contribution in [0.2, 0.25) is 0 Å². The van der Waals surface area contributed by atoms with Crippen LogP contribution in [0.4, 0.5) is 0 Å². The van der Waals surface area contributed by atoms with Gasteiger partial charge in [0.25, 0.3) is 0 Å². The van der Waals surface area contributed by atoms with Crippen LogP contribution >= 0.6 is 11.8 Å². The Labute approximate surface area is 115 Å². The number of benzene rings is 1. The predicted molar refractivity (Wildman–Crippen MR) is 76.7 cm³/mol. The zero-order valence-electron chi connectivity index (χ0n) is 10.9. The Morgan fingerprint density at radius 3 is 3.05 bits per heavy atom. The largest absolute Gasteiger partial charge is 0.480 e. The van der Waals surface area contributed by atoms with Gasteiger partial charge >= 0.3 is 5.97 Å². The van der Waals surface area contributed by atoms with Gasteiger partial charge in [0, 0.05) is 5.75 Å². The van der Waals surface area contributed by atoms with E-state index in [1.54, 1.807) is 0 Å². The summed E-state index contributed by atoms with van der Waals surface area (Å²) in [6.45, 7) is 4.56. The minimum atomic E-state index is -0.832. The molecule has 1 atom stereocenters. The number of aromatic nitrogens is 2. The van der Waals surface area contributed by atoms with Crippen LogP contribution in [-0.4, -0.2) is 39.4 Å². The molecule has 0 radical (unpaired) electrons. The number of nitrogens with one attached hydrogen (secondary N) is 2. The summed E-state index contributed by atoms with van der Waals surface area (Å²) in [5.41, 5.74) is 3.06. The molecule has 0 aliphatic rings. The topological polar surface area (TPSA) is 78.0 Å². The van der Waals surface area contributed by atoms with Gasteiger partial charge in [-0.2, -0.15) is 0 Å². The molecule has 0 saturated heterocycles. The van der Waals surface area contributed by atoms with Crippen LogP contribution in [0.25, 0.3) is 11.0 Å². The van der Waals surface area contributed by atoms with E-state index in [-0.39, 0.29) is 0 Å². The smallest absolute Gasteiger partial charge is 0.321 e. The number of carboxylic acid groups (broad SMARTS) is 1. The lowest BCUT2D eigenvalue weighted by Gasteiger charge is -2.11. The first-order valence-electron chi connectivity index (χ1n) is 6.15. The number of aromatic amines is 1. The van der Waals surface area contributed by atoms with E-state index < -0.39 is 12.0 Å². The van der Waals surface area contributed by atoms with Crippen LogP contribution in [0, 0.1) is 6.92 Å². The molecule has 0 saturated carbocycles. The maximum atomic E-state index is 11.0. The van der Waals surface area contributed by atoms with E-state index in [0.29, 0.717) is 12.3 Å². The zero-order valence-corrected chi connectivity index (χ0v) is 11.8. The summed E-state index contributed by atoms with van der Waals surface area (Å²) in [7, 11) is 0. The van der Waals surface area contributed by atoms with Crippen LogP contribution < -0.4 is 5.32 Å². The molecule has 1 aromatic carbocycles. The molecule has 6 heteroatoms. The summed E-state index contributed by atoms with van der Waals surface area (Å²) in [6, 6.07) is 5.45. The fourth-order valence-electron chi connectivity index (χ4n) is 1.79. The van der Waals surface area contributed by atoms with Crippen molar-refractivity contribution in [3.05, 3.63) is 23.8 Å². The number of likely N-dealkylation sites (N-methyl/N-ethyl adjacent to an activating group) is 1. The van der Waals surface area contributed by atoms with E-state index in [4.69, 9.17) is 5.11 Å². The summed E-state index contributed by atoms with van der Waals surface area (Å²) in [5.74, 6) is -0.386. The Balaban J connectivity index is 2.06. The van der Waals surface area contributed by atoms with Gasteiger partial charge in [-0.1, -0.05) is 24.8 Å². The number of imidazole rings is 1. The van der Waals surface area contributed by atoms with Crippen molar-refractivity contribution in [1.29, 1.82) is 0 Å². The van der Waals surface area contributed by atoms with Crippen molar-refractivity contribution in [3.8, 4) is 0 Å². The van der Waals surface area contributed by atoms with E-state index >= 15 is 0 Å². The van der Waals surface area contributed by atoms with E-state index in [1.807, 2.05) is 32.0 Å². The van der Waals surface area contributed by atoms with Gasteiger partial charge in [-0.15, -0.1) is 0 Å². The average molecular weight is 279 g/mol. The molecule has 19 heavy (non-hydrogen) atoms. The Morgan fingerprint density at radius 2 is 2.37 bits per heavy atom. The number of rotatable bonds is 6. The van der Waals surface area contributed by atoms with Crippen molar-refractivity contribution in [2.75, 3.05) is 12.3 Å². The number of aliphatic carboxylic acids is 1. The lowest BCUT2D eigenvalue weighted by atomic mass is 10.2. The normalized spacial score (nSPS) is 12.7. The van der Waals surface area contributed by atoms with Gasteiger partial charge in [-0.3, -0.25) is 4.79 Å². The Morgan fingerprint density at radius 1 is 1.58 bits per heavy atom. The van der Waals surface area contributed by atoms with E-state index in [1.165, 1.54) is 17.3 Å². The molecule has 0 bridgehead atoms. The number of nitrogens with zero attached hydrogens (tertiary/aromatic N) is 1. The molecule has 0 amide bonds. The number of H-pyrrole nitrogens is 1. The first-order chi connectivity index (χ1) is 9.10. The maximum absolute atomic E-state index is 11.0. The molecule has 0 aliphatic heterocycles. The molecule has 3 N–H and O–H groups in total. The lowest BCUT2D eigenvalue weighted by Crippen LogP contribution is -2.38. The molecule has 5 nitrogen and oxygen atoms in total. The third kappa shape index (κ3) is 3.48. The van der Waals surface area contributed by atoms with Gasteiger partial charge in [0.05, 0.1) is 11.0 Å². The summed E-state index contributed by atoms with van der Waals surface area (Å²) >= 11 is 1.42. The van der Waals surface area contributed by atoms with Crippen molar-refractivity contribution in [3.63, 3.8) is 0 Å². The number of carbonyl (C=O) groups is 1. The zero-order chi connectivity index (χ0) is 13.8. The lowest BCUT2D eigenvalue weighted by molar-refractivity contribution is -0.138. The van der Waals surface area contributed by atoms with Gasteiger partial charge in [0.2, 0.25) is 0 Å². The number of carboxylic acids is 1.